The summed E-state index contributed by atoms with van der Waals surface area (Å²) in [5.41, 5.74) is 0.888. The van der Waals surface area contributed by atoms with Crippen molar-refractivity contribution >= 4 is 0 Å². The molecule has 2 rings (SSSR count). The first-order valence-electron chi connectivity index (χ1n) is 5.67. The molecule has 0 saturated heterocycles. The van der Waals surface area contributed by atoms with Crippen LogP contribution in [-0.4, -0.2) is 12.1 Å². The van der Waals surface area contributed by atoms with Gasteiger partial charge in [0.2, 0.25) is 0 Å². The molecule has 1 aliphatic rings. The zero-order valence-electron chi connectivity index (χ0n) is 9.33. The Hall–Kier alpha value is -0.890. The predicted molar refractivity (Wildman–Crippen MR) is 60.4 cm³/mol. The van der Waals surface area contributed by atoms with Gasteiger partial charge in [-0.2, -0.15) is 0 Å². The van der Waals surface area contributed by atoms with E-state index in [9.17, 15) is 4.39 Å². The molecule has 1 saturated carbocycles. The standard InChI is InChI=1S/C13H18FN/c1-9(2)15-11-7-10(8-11)12-5-3-4-6-13(12)14/h3-6,9-11,15H,7-8H2,1-2H3. The number of nitrogens with one attached hydrogen (secondary N) is 1. The van der Waals surface area contributed by atoms with Gasteiger partial charge in [0.05, 0.1) is 0 Å². The van der Waals surface area contributed by atoms with Crippen molar-refractivity contribution in [1.82, 2.24) is 5.32 Å². The van der Waals surface area contributed by atoms with Crippen LogP contribution in [0.4, 0.5) is 4.39 Å². The monoisotopic (exact) mass is 207 g/mol. The SMILES string of the molecule is CC(C)NC1CC(c2ccccc2F)C1. The topological polar surface area (TPSA) is 12.0 Å². The van der Waals surface area contributed by atoms with E-state index in [0.717, 1.165) is 18.4 Å². The zero-order chi connectivity index (χ0) is 10.8. The Morgan fingerprint density at radius 1 is 1.27 bits per heavy atom. The van der Waals surface area contributed by atoms with Gasteiger partial charge < -0.3 is 5.32 Å². The summed E-state index contributed by atoms with van der Waals surface area (Å²) < 4.78 is 13.4. The Morgan fingerprint density at radius 3 is 2.53 bits per heavy atom. The summed E-state index contributed by atoms with van der Waals surface area (Å²) in [4.78, 5) is 0. The summed E-state index contributed by atoms with van der Waals surface area (Å²) >= 11 is 0. The quantitative estimate of drug-likeness (QED) is 0.803. The van der Waals surface area contributed by atoms with Crippen LogP contribution in [0.25, 0.3) is 0 Å². The molecule has 0 aliphatic heterocycles. The van der Waals surface area contributed by atoms with Crippen molar-refractivity contribution < 1.29 is 4.39 Å². The minimum Gasteiger partial charge on any atom is -0.312 e. The fraction of sp³-hybridized carbons (Fsp3) is 0.538. The molecule has 0 aromatic heterocycles. The minimum atomic E-state index is -0.0505. The highest BCUT2D eigenvalue weighted by atomic mass is 19.1. The van der Waals surface area contributed by atoms with Crippen LogP contribution >= 0.6 is 0 Å². The minimum absolute atomic E-state index is 0.0505. The van der Waals surface area contributed by atoms with Gasteiger partial charge in [-0.3, -0.25) is 0 Å². The number of halogens is 1. The van der Waals surface area contributed by atoms with Gasteiger partial charge in [-0.15, -0.1) is 0 Å². The molecule has 0 atom stereocenters. The molecule has 1 aromatic carbocycles. The van der Waals surface area contributed by atoms with Crippen LogP contribution in [0.1, 0.15) is 38.2 Å². The van der Waals surface area contributed by atoms with Crippen LogP contribution in [0.3, 0.4) is 0 Å². The van der Waals surface area contributed by atoms with Gasteiger partial charge in [-0.05, 0) is 30.4 Å². The lowest BCUT2D eigenvalue weighted by Gasteiger charge is -2.37. The van der Waals surface area contributed by atoms with E-state index < -0.39 is 0 Å². The summed E-state index contributed by atoms with van der Waals surface area (Å²) in [6.45, 7) is 4.30. The maximum absolute atomic E-state index is 13.4. The number of benzene rings is 1. The second-order valence-corrected chi connectivity index (χ2v) is 4.71. The van der Waals surface area contributed by atoms with E-state index in [1.165, 1.54) is 0 Å². The maximum Gasteiger partial charge on any atom is 0.126 e. The lowest BCUT2D eigenvalue weighted by molar-refractivity contribution is 0.270. The molecule has 2 heteroatoms. The molecule has 15 heavy (non-hydrogen) atoms. The van der Waals surface area contributed by atoms with E-state index >= 15 is 0 Å². The van der Waals surface area contributed by atoms with Crippen molar-refractivity contribution in [3.8, 4) is 0 Å². The first-order chi connectivity index (χ1) is 7.16. The second kappa shape index (κ2) is 4.31. The van der Waals surface area contributed by atoms with Crippen LogP contribution in [0, 0.1) is 5.82 Å². The Morgan fingerprint density at radius 2 is 1.93 bits per heavy atom. The largest absolute Gasteiger partial charge is 0.312 e. The van der Waals surface area contributed by atoms with Crippen LogP contribution in [0.15, 0.2) is 24.3 Å². The van der Waals surface area contributed by atoms with Crippen LogP contribution in [0.2, 0.25) is 0 Å². The first kappa shape index (κ1) is 10.6. The summed E-state index contributed by atoms with van der Waals surface area (Å²) in [5, 5.41) is 3.48. The molecule has 1 aromatic rings. The fourth-order valence-corrected chi connectivity index (χ4v) is 2.29. The van der Waals surface area contributed by atoms with Crippen molar-refractivity contribution in [2.45, 2.75) is 44.7 Å². The van der Waals surface area contributed by atoms with Crippen molar-refractivity contribution in [2.24, 2.45) is 0 Å². The number of hydrogen-bond donors (Lipinski definition) is 1. The molecular formula is C13H18FN. The van der Waals surface area contributed by atoms with Crippen LogP contribution in [-0.2, 0) is 0 Å². The summed E-state index contributed by atoms with van der Waals surface area (Å²) in [6.07, 6.45) is 2.14. The highest BCUT2D eigenvalue weighted by Crippen LogP contribution is 2.38. The van der Waals surface area contributed by atoms with E-state index in [4.69, 9.17) is 0 Å². The van der Waals surface area contributed by atoms with Crippen molar-refractivity contribution in [1.29, 1.82) is 0 Å². The molecule has 1 aliphatic carbocycles. The van der Waals surface area contributed by atoms with Crippen LogP contribution < -0.4 is 5.32 Å². The van der Waals surface area contributed by atoms with Gasteiger partial charge in [-0.1, -0.05) is 32.0 Å². The number of rotatable bonds is 3. The molecule has 0 amide bonds. The third-order valence-corrected chi connectivity index (χ3v) is 3.05. The highest BCUT2D eigenvalue weighted by Gasteiger charge is 2.31. The average Bonchev–Trinajstić information content (AvgIpc) is 2.12. The van der Waals surface area contributed by atoms with Gasteiger partial charge >= 0.3 is 0 Å². The molecule has 1 N–H and O–H groups in total. The molecule has 0 radical (unpaired) electrons. The molecule has 0 unspecified atom stereocenters. The summed E-state index contributed by atoms with van der Waals surface area (Å²) in [7, 11) is 0. The van der Waals surface area contributed by atoms with Gasteiger partial charge in [0.1, 0.15) is 5.82 Å². The lowest BCUT2D eigenvalue weighted by atomic mass is 9.75. The summed E-state index contributed by atoms with van der Waals surface area (Å²) in [5.74, 6) is 0.368. The third kappa shape index (κ3) is 2.37. The maximum atomic E-state index is 13.4. The molecular weight excluding hydrogens is 189 g/mol. The average molecular weight is 207 g/mol. The number of hydrogen-bond acceptors (Lipinski definition) is 1. The highest BCUT2D eigenvalue weighted by molar-refractivity contribution is 5.24. The van der Waals surface area contributed by atoms with E-state index in [2.05, 4.69) is 19.2 Å². The van der Waals surface area contributed by atoms with Gasteiger partial charge in [0.15, 0.2) is 0 Å². The zero-order valence-corrected chi connectivity index (χ0v) is 9.33. The Labute approximate surface area is 90.7 Å². The molecule has 0 bridgehead atoms. The normalized spacial score (nSPS) is 25.3. The Bertz CT molecular complexity index is 329. The predicted octanol–water partition coefficient (Wildman–Crippen LogP) is 3.07. The van der Waals surface area contributed by atoms with Crippen molar-refractivity contribution in [2.75, 3.05) is 0 Å². The molecule has 0 heterocycles. The van der Waals surface area contributed by atoms with E-state index in [1.54, 1.807) is 12.1 Å². The summed E-state index contributed by atoms with van der Waals surface area (Å²) in [6, 6.07) is 8.23. The Balaban J connectivity index is 1.92. The fourth-order valence-electron chi connectivity index (χ4n) is 2.29. The van der Waals surface area contributed by atoms with E-state index in [1.807, 2.05) is 12.1 Å². The molecule has 82 valence electrons. The molecule has 0 spiro atoms. The van der Waals surface area contributed by atoms with E-state index in [0.29, 0.717) is 18.0 Å². The van der Waals surface area contributed by atoms with Crippen molar-refractivity contribution in [3.63, 3.8) is 0 Å². The molecule has 1 fully saturated rings. The van der Waals surface area contributed by atoms with Crippen LogP contribution in [0.5, 0.6) is 0 Å². The first-order valence-corrected chi connectivity index (χ1v) is 5.67. The van der Waals surface area contributed by atoms with Gasteiger partial charge in [-0.25, -0.2) is 4.39 Å². The molecule has 1 nitrogen and oxygen atoms in total. The smallest absolute Gasteiger partial charge is 0.126 e. The van der Waals surface area contributed by atoms with Gasteiger partial charge in [0.25, 0.3) is 0 Å². The lowest BCUT2D eigenvalue weighted by Crippen LogP contribution is -2.43. The van der Waals surface area contributed by atoms with Gasteiger partial charge in [0, 0.05) is 12.1 Å². The third-order valence-electron chi connectivity index (χ3n) is 3.05. The van der Waals surface area contributed by atoms with E-state index in [-0.39, 0.29) is 5.82 Å². The Kier molecular flexibility index (Phi) is 3.06. The second-order valence-electron chi connectivity index (χ2n) is 4.71. The van der Waals surface area contributed by atoms with Crippen molar-refractivity contribution in [3.05, 3.63) is 35.6 Å².